The summed E-state index contributed by atoms with van der Waals surface area (Å²) < 4.78 is 5.04. The molecule has 0 aromatic carbocycles. The van der Waals surface area contributed by atoms with Gasteiger partial charge in [0.25, 0.3) is 0 Å². The number of carboxylic acids is 1. The van der Waals surface area contributed by atoms with E-state index >= 15 is 0 Å². The van der Waals surface area contributed by atoms with Crippen molar-refractivity contribution in [2.75, 3.05) is 33.9 Å². The topological polar surface area (TPSA) is 61.8 Å². The zero-order chi connectivity index (χ0) is 13.6. The van der Waals surface area contributed by atoms with Crippen molar-refractivity contribution in [3.05, 3.63) is 0 Å². The van der Waals surface area contributed by atoms with Gasteiger partial charge in [0, 0.05) is 26.3 Å². The number of nitrogens with one attached hydrogen (secondary N) is 1. The maximum atomic E-state index is 11.4. The summed E-state index contributed by atoms with van der Waals surface area (Å²) >= 11 is 0. The Morgan fingerprint density at radius 1 is 1.61 bits per heavy atom. The Balaban J connectivity index is 2.49. The first-order valence-corrected chi connectivity index (χ1v) is 6.73. The number of aliphatic carboxylic acids is 1. The molecule has 0 spiro atoms. The molecule has 5 heteroatoms. The van der Waals surface area contributed by atoms with Crippen molar-refractivity contribution in [1.29, 1.82) is 0 Å². The molecule has 0 amide bonds. The third-order valence-corrected chi connectivity index (χ3v) is 3.90. The van der Waals surface area contributed by atoms with E-state index in [2.05, 4.69) is 17.3 Å². The summed E-state index contributed by atoms with van der Waals surface area (Å²) in [4.78, 5) is 13.7. The van der Waals surface area contributed by atoms with Crippen molar-refractivity contribution < 1.29 is 14.6 Å². The van der Waals surface area contributed by atoms with Gasteiger partial charge in [-0.05, 0) is 39.3 Å². The van der Waals surface area contributed by atoms with Crippen molar-refractivity contribution in [2.24, 2.45) is 0 Å². The van der Waals surface area contributed by atoms with E-state index in [0.29, 0.717) is 19.0 Å². The van der Waals surface area contributed by atoms with Crippen molar-refractivity contribution in [2.45, 2.75) is 44.2 Å². The van der Waals surface area contributed by atoms with Crippen molar-refractivity contribution in [1.82, 2.24) is 10.2 Å². The first kappa shape index (κ1) is 15.4. The number of carboxylic acid groups (broad SMARTS) is 1. The Labute approximate surface area is 109 Å². The van der Waals surface area contributed by atoms with E-state index in [9.17, 15) is 9.90 Å². The summed E-state index contributed by atoms with van der Waals surface area (Å²) in [6.45, 7) is 4.38. The molecule has 0 heterocycles. The second-order valence-electron chi connectivity index (χ2n) is 5.14. The number of nitrogens with zero attached hydrogens (tertiary/aromatic N) is 1. The average Bonchev–Trinajstić information content (AvgIpc) is 2.75. The summed E-state index contributed by atoms with van der Waals surface area (Å²) in [6.07, 6.45) is 3.35. The molecule has 1 rings (SSSR count). The molecule has 18 heavy (non-hydrogen) atoms. The minimum Gasteiger partial charge on any atom is -0.480 e. The Morgan fingerprint density at radius 3 is 2.89 bits per heavy atom. The molecule has 0 bridgehead atoms. The highest BCUT2D eigenvalue weighted by atomic mass is 16.5. The minimum absolute atomic E-state index is 0.358. The van der Waals surface area contributed by atoms with Gasteiger partial charge in [0.2, 0.25) is 0 Å². The highest BCUT2D eigenvalue weighted by Crippen LogP contribution is 2.33. The van der Waals surface area contributed by atoms with Gasteiger partial charge in [-0.15, -0.1) is 0 Å². The molecule has 2 unspecified atom stereocenters. The highest BCUT2D eigenvalue weighted by molar-refractivity contribution is 5.79. The van der Waals surface area contributed by atoms with Crippen LogP contribution in [-0.2, 0) is 9.53 Å². The van der Waals surface area contributed by atoms with Gasteiger partial charge in [0.05, 0.1) is 0 Å². The molecule has 5 nitrogen and oxygen atoms in total. The predicted octanol–water partition coefficient (Wildman–Crippen LogP) is 0.940. The van der Waals surface area contributed by atoms with E-state index in [-0.39, 0.29) is 0 Å². The Hall–Kier alpha value is -0.650. The van der Waals surface area contributed by atoms with Gasteiger partial charge in [0.15, 0.2) is 0 Å². The highest BCUT2D eigenvalue weighted by Gasteiger charge is 2.45. The minimum atomic E-state index is -0.713. The van der Waals surface area contributed by atoms with Crippen molar-refractivity contribution >= 4 is 5.97 Å². The predicted molar refractivity (Wildman–Crippen MR) is 70.8 cm³/mol. The molecule has 0 aliphatic heterocycles. The fourth-order valence-electron chi connectivity index (χ4n) is 2.81. The molecule has 0 saturated heterocycles. The summed E-state index contributed by atoms with van der Waals surface area (Å²) in [5.41, 5.74) is -0.713. The van der Waals surface area contributed by atoms with Crippen LogP contribution in [-0.4, -0.2) is 61.4 Å². The molecule has 2 atom stereocenters. The fourth-order valence-corrected chi connectivity index (χ4v) is 2.81. The summed E-state index contributed by atoms with van der Waals surface area (Å²) in [6, 6.07) is 0.358. The number of methoxy groups -OCH3 is 1. The van der Waals surface area contributed by atoms with Crippen LogP contribution in [0, 0.1) is 0 Å². The van der Waals surface area contributed by atoms with Crippen molar-refractivity contribution in [3.8, 4) is 0 Å². The monoisotopic (exact) mass is 258 g/mol. The van der Waals surface area contributed by atoms with E-state index in [1.165, 1.54) is 0 Å². The lowest BCUT2D eigenvalue weighted by Crippen LogP contribution is -2.51. The van der Waals surface area contributed by atoms with Crippen LogP contribution in [0.3, 0.4) is 0 Å². The molecule has 1 aliphatic rings. The Bertz CT molecular complexity index is 273. The normalized spacial score (nSPS) is 27.9. The van der Waals surface area contributed by atoms with Crippen LogP contribution < -0.4 is 5.32 Å². The largest absolute Gasteiger partial charge is 0.480 e. The van der Waals surface area contributed by atoms with Crippen LogP contribution in [0.25, 0.3) is 0 Å². The SMILES string of the molecule is CCNC1(C(=O)O)CCC(N(C)CCCOC)C1. The molecule has 106 valence electrons. The van der Waals surface area contributed by atoms with E-state index in [1.54, 1.807) is 7.11 Å². The number of ether oxygens (including phenoxy) is 1. The molecule has 1 aliphatic carbocycles. The average molecular weight is 258 g/mol. The van der Waals surface area contributed by atoms with Gasteiger partial charge in [-0.3, -0.25) is 4.79 Å². The summed E-state index contributed by atoms with van der Waals surface area (Å²) in [5.74, 6) is -0.711. The maximum absolute atomic E-state index is 11.4. The Morgan fingerprint density at radius 2 is 2.33 bits per heavy atom. The van der Waals surface area contributed by atoms with Crippen LogP contribution in [0.1, 0.15) is 32.6 Å². The van der Waals surface area contributed by atoms with Gasteiger partial charge < -0.3 is 20.1 Å². The lowest BCUT2D eigenvalue weighted by molar-refractivity contribution is -0.144. The molecule has 1 saturated carbocycles. The summed E-state index contributed by atoms with van der Waals surface area (Å²) in [5, 5.41) is 12.6. The molecule has 0 aromatic rings. The van der Waals surface area contributed by atoms with E-state index in [4.69, 9.17) is 4.74 Å². The van der Waals surface area contributed by atoms with Crippen LogP contribution in [0.5, 0.6) is 0 Å². The van der Waals surface area contributed by atoms with Gasteiger partial charge >= 0.3 is 5.97 Å². The first-order valence-electron chi connectivity index (χ1n) is 6.73. The number of carbonyl (C=O) groups is 1. The lowest BCUT2D eigenvalue weighted by Gasteiger charge is -2.28. The van der Waals surface area contributed by atoms with Gasteiger partial charge in [-0.25, -0.2) is 0 Å². The van der Waals surface area contributed by atoms with E-state index < -0.39 is 11.5 Å². The third kappa shape index (κ3) is 3.67. The van der Waals surface area contributed by atoms with Crippen LogP contribution in [0.15, 0.2) is 0 Å². The zero-order valence-corrected chi connectivity index (χ0v) is 11.7. The fraction of sp³-hybridized carbons (Fsp3) is 0.923. The van der Waals surface area contributed by atoms with Crippen LogP contribution in [0.4, 0.5) is 0 Å². The third-order valence-electron chi connectivity index (χ3n) is 3.90. The zero-order valence-electron chi connectivity index (χ0n) is 11.7. The standard InChI is InChI=1S/C13H26N2O3/c1-4-14-13(12(16)17)7-6-11(10-13)15(2)8-5-9-18-3/h11,14H,4-10H2,1-3H3,(H,16,17). The second kappa shape index (κ2) is 7.07. The van der Waals surface area contributed by atoms with Gasteiger partial charge in [0.1, 0.15) is 5.54 Å². The molecular weight excluding hydrogens is 232 g/mol. The van der Waals surface area contributed by atoms with Gasteiger partial charge in [-0.1, -0.05) is 6.92 Å². The number of rotatable bonds is 8. The molecular formula is C13H26N2O3. The smallest absolute Gasteiger partial charge is 0.323 e. The van der Waals surface area contributed by atoms with E-state index in [1.807, 2.05) is 6.92 Å². The van der Waals surface area contributed by atoms with Crippen LogP contribution in [0.2, 0.25) is 0 Å². The molecule has 2 N–H and O–H groups in total. The molecule has 1 fully saturated rings. The van der Waals surface area contributed by atoms with Crippen LogP contribution >= 0.6 is 0 Å². The molecule has 0 radical (unpaired) electrons. The maximum Gasteiger partial charge on any atom is 0.323 e. The van der Waals surface area contributed by atoms with Gasteiger partial charge in [-0.2, -0.15) is 0 Å². The number of likely N-dealkylation sites (N-methyl/N-ethyl adjacent to an activating group) is 1. The van der Waals surface area contributed by atoms with Crippen molar-refractivity contribution in [3.63, 3.8) is 0 Å². The van der Waals surface area contributed by atoms with E-state index in [0.717, 1.165) is 32.4 Å². The molecule has 0 aromatic heterocycles. The quantitative estimate of drug-likeness (QED) is 0.635. The first-order chi connectivity index (χ1) is 8.55. The summed E-state index contributed by atoms with van der Waals surface area (Å²) in [7, 11) is 3.78. The second-order valence-corrected chi connectivity index (χ2v) is 5.14. The lowest BCUT2D eigenvalue weighted by atomic mass is 9.97. The Kier molecular flexibility index (Phi) is 6.05. The number of hydrogen-bond acceptors (Lipinski definition) is 4. The number of hydrogen-bond donors (Lipinski definition) is 2.